The summed E-state index contributed by atoms with van der Waals surface area (Å²) in [6.07, 6.45) is 1.44. The summed E-state index contributed by atoms with van der Waals surface area (Å²) in [7, 11) is 1.66. The highest BCUT2D eigenvalue weighted by Gasteiger charge is 2.14. The SMILES string of the molecule is CC(O)CCN(C)C(=O)c1ncn[nH]1. The van der Waals surface area contributed by atoms with E-state index in [2.05, 4.69) is 15.2 Å². The number of aliphatic hydroxyl groups excluding tert-OH is 1. The van der Waals surface area contributed by atoms with Crippen molar-refractivity contribution in [3.63, 3.8) is 0 Å². The number of amides is 1. The van der Waals surface area contributed by atoms with Gasteiger partial charge in [0.25, 0.3) is 5.91 Å². The van der Waals surface area contributed by atoms with E-state index in [4.69, 9.17) is 5.11 Å². The maximum Gasteiger partial charge on any atom is 0.290 e. The molecule has 0 bridgehead atoms. The lowest BCUT2D eigenvalue weighted by molar-refractivity contribution is 0.0757. The molecule has 0 radical (unpaired) electrons. The number of carbonyl (C=O) groups is 1. The lowest BCUT2D eigenvalue weighted by Crippen LogP contribution is -2.30. The Morgan fingerprint density at radius 2 is 2.50 bits per heavy atom. The molecule has 6 nitrogen and oxygen atoms in total. The highest BCUT2D eigenvalue weighted by Crippen LogP contribution is 1.98. The maximum absolute atomic E-state index is 11.5. The summed E-state index contributed by atoms with van der Waals surface area (Å²) in [5, 5.41) is 15.1. The molecule has 1 amide bonds. The van der Waals surface area contributed by atoms with Crippen LogP contribution >= 0.6 is 0 Å². The molecule has 1 aromatic heterocycles. The maximum atomic E-state index is 11.5. The first-order valence-electron chi connectivity index (χ1n) is 4.40. The number of nitrogens with one attached hydrogen (secondary N) is 1. The number of carbonyl (C=O) groups excluding carboxylic acids is 1. The third-order valence-electron chi connectivity index (χ3n) is 1.85. The van der Waals surface area contributed by atoms with Crippen molar-refractivity contribution in [1.82, 2.24) is 20.1 Å². The van der Waals surface area contributed by atoms with Gasteiger partial charge in [-0.3, -0.25) is 9.89 Å². The van der Waals surface area contributed by atoms with Crippen LogP contribution in [0.5, 0.6) is 0 Å². The van der Waals surface area contributed by atoms with Crippen LogP contribution in [0.15, 0.2) is 6.33 Å². The van der Waals surface area contributed by atoms with Crippen molar-refractivity contribution in [2.75, 3.05) is 13.6 Å². The molecule has 0 fully saturated rings. The molecule has 0 aliphatic carbocycles. The normalized spacial score (nSPS) is 12.5. The average molecular weight is 198 g/mol. The Morgan fingerprint density at radius 1 is 1.79 bits per heavy atom. The Morgan fingerprint density at radius 3 is 3.00 bits per heavy atom. The molecule has 0 spiro atoms. The Balaban J connectivity index is 2.45. The quantitative estimate of drug-likeness (QED) is 0.692. The van der Waals surface area contributed by atoms with Gasteiger partial charge in [0.1, 0.15) is 6.33 Å². The van der Waals surface area contributed by atoms with Crippen LogP contribution < -0.4 is 0 Å². The van der Waals surface area contributed by atoms with Gasteiger partial charge in [-0.25, -0.2) is 4.98 Å². The summed E-state index contributed by atoms with van der Waals surface area (Å²) in [5.74, 6) is 0.00115. The lowest BCUT2D eigenvalue weighted by atomic mass is 10.3. The Labute approximate surface area is 82.0 Å². The second-order valence-electron chi connectivity index (χ2n) is 3.20. The summed E-state index contributed by atoms with van der Waals surface area (Å²) in [5.41, 5.74) is 0. The number of hydrogen-bond donors (Lipinski definition) is 2. The minimum absolute atomic E-state index is 0.219. The van der Waals surface area contributed by atoms with Gasteiger partial charge in [0, 0.05) is 13.6 Å². The van der Waals surface area contributed by atoms with Crippen LogP contribution in [-0.4, -0.2) is 50.8 Å². The van der Waals surface area contributed by atoms with Crippen LogP contribution in [0, 0.1) is 0 Å². The van der Waals surface area contributed by atoms with Crippen molar-refractivity contribution in [2.45, 2.75) is 19.4 Å². The summed E-state index contributed by atoms with van der Waals surface area (Å²) >= 11 is 0. The summed E-state index contributed by atoms with van der Waals surface area (Å²) in [6, 6.07) is 0. The first kappa shape index (κ1) is 10.6. The molecule has 0 saturated heterocycles. The third kappa shape index (κ3) is 2.81. The van der Waals surface area contributed by atoms with Crippen LogP contribution in [0.4, 0.5) is 0 Å². The molecule has 1 heterocycles. The lowest BCUT2D eigenvalue weighted by Gasteiger charge is -2.16. The predicted octanol–water partition coefficient (Wildman–Crippen LogP) is -0.352. The second kappa shape index (κ2) is 4.71. The van der Waals surface area contributed by atoms with Crippen LogP contribution in [0.3, 0.4) is 0 Å². The van der Waals surface area contributed by atoms with E-state index in [9.17, 15) is 4.79 Å². The number of aromatic nitrogens is 3. The van der Waals surface area contributed by atoms with Gasteiger partial charge in [0.2, 0.25) is 5.82 Å². The predicted molar refractivity (Wildman–Crippen MR) is 49.6 cm³/mol. The fourth-order valence-corrected chi connectivity index (χ4v) is 0.971. The largest absolute Gasteiger partial charge is 0.393 e. The number of hydrogen-bond acceptors (Lipinski definition) is 4. The first-order chi connectivity index (χ1) is 6.61. The summed E-state index contributed by atoms with van der Waals surface area (Å²) < 4.78 is 0. The van der Waals surface area contributed by atoms with E-state index in [1.807, 2.05) is 0 Å². The van der Waals surface area contributed by atoms with Gasteiger partial charge in [-0.2, -0.15) is 5.10 Å². The van der Waals surface area contributed by atoms with Gasteiger partial charge in [-0.05, 0) is 13.3 Å². The molecule has 1 aromatic rings. The van der Waals surface area contributed by atoms with Crippen molar-refractivity contribution in [3.05, 3.63) is 12.2 Å². The molecule has 78 valence electrons. The van der Waals surface area contributed by atoms with Gasteiger partial charge < -0.3 is 10.0 Å². The fraction of sp³-hybridized carbons (Fsp3) is 0.625. The Kier molecular flexibility index (Phi) is 3.58. The molecule has 0 aromatic carbocycles. The van der Waals surface area contributed by atoms with E-state index in [0.29, 0.717) is 13.0 Å². The zero-order valence-electron chi connectivity index (χ0n) is 8.27. The number of aliphatic hydroxyl groups is 1. The topological polar surface area (TPSA) is 82.1 Å². The number of nitrogens with zero attached hydrogens (tertiary/aromatic N) is 3. The zero-order valence-corrected chi connectivity index (χ0v) is 8.27. The summed E-state index contributed by atoms with van der Waals surface area (Å²) in [6.45, 7) is 2.18. The highest BCUT2D eigenvalue weighted by atomic mass is 16.3. The molecule has 0 aliphatic rings. The fourth-order valence-electron chi connectivity index (χ4n) is 0.971. The smallest absolute Gasteiger partial charge is 0.290 e. The second-order valence-corrected chi connectivity index (χ2v) is 3.20. The van der Waals surface area contributed by atoms with Gasteiger partial charge >= 0.3 is 0 Å². The van der Waals surface area contributed by atoms with Gasteiger partial charge in [0.15, 0.2) is 0 Å². The van der Waals surface area contributed by atoms with Crippen molar-refractivity contribution in [2.24, 2.45) is 0 Å². The molecule has 6 heteroatoms. The van der Waals surface area contributed by atoms with E-state index in [1.54, 1.807) is 14.0 Å². The third-order valence-corrected chi connectivity index (χ3v) is 1.85. The van der Waals surface area contributed by atoms with E-state index >= 15 is 0 Å². The van der Waals surface area contributed by atoms with E-state index < -0.39 is 6.10 Å². The van der Waals surface area contributed by atoms with Crippen molar-refractivity contribution in [1.29, 1.82) is 0 Å². The van der Waals surface area contributed by atoms with Crippen LogP contribution in [0.25, 0.3) is 0 Å². The van der Waals surface area contributed by atoms with Crippen LogP contribution in [-0.2, 0) is 0 Å². The van der Waals surface area contributed by atoms with Crippen molar-refractivity contribution < 1.29 is 9.90 Å². The first-order valence-corrected chi connectivity index (χ1v) is 4.40. The number of aromatic amines is 1. The molecule has 2 N–H and O–H groups in total. The molecule has 0 saturated carbocycles. The molecule has 1 unspecified atom stereocenters. The monoisotopic (exact) mass is 198 g/mol. The molecular formula is C8H14N4O2. The molecule has 1 rings (SSSR count). The zero-order chi connectivity index (χ0) is 10.6. The minimum Gasteiger partial charge on any atom is -0.393 e. The Hall–Kier alpha value is -1.43. The minimum atomic E-state index is -0.403. The summed E-state index contributed by atoms with van der Waals surface area (Å²) in [4.78, 5) is 16.8. The molecule has 14 heavy (non-hydrogen) atoms. The number of rotatable bonds is 4. The average Bonchev–Trinajstić information content (AvgIpc) is 2.65. The highest BCUT2D eigenvalue weighted by molar-refractivity contribution is 5.90. The van der Waals surface area contributed by atoms with Crippen molar-refractivity contribution in [3.8, 4) is 0 Å². The van der Waals surface area contributed by atoms with Crippen LogP contribution in [0.1, 0.15) is 24.0 Å². The van der Waals surface area contributed by atoms with E-state index in [1.165, 1.54) is 11.2 Å². The molecule has 1 atom stereocenters. The molecule has 0 aliphatic heterocycles. The van der Waals surface area contributed by atoms with Crippen molar-refractivity contribution >= 4 is 5.91 Å². The Bertz CT molecular complexity index is 284. The van der Waals surface area contributed by atoms with E-state index in [-0.39, 0.29) is 11.7 Å². The standard InChI is InChI=1S/C8H14N4O2/c1-6(13)3-4-12(2)8(14)7-9-5-10-11-7/h5-6,13H,3-4H2,1-2H3,(H,9,10,11). The van der Waals surface area contributed by atoms with E-state index in [0.717, 1.165) is 0 Å². The van der Waals surface area contributed by atoms with Gasteiger partial charge in [-0.15, -0.1) is 0 Å². The van der Waals surface area contributed by atoms with Gasteiger partial charge in [-0.1, -0.05) is 0 Å². The van der Waals surface area contributed by atoms with Crippen LogP contribution in [0.2, 0.25) is 0 Å². The number of H-pyrrole nitrogens is 1. The van der Waals surface area contributed by atoms with Gasteiger partial charge in [0.05, 0.1) is 6.10 Å². The molecular weight excluding hydrogens is 184 g/mol.